The zero-order valence-corrected chi connectivity index (χ0v) is 19.0. The highest BCUT2D eigenvalue weighted by Crippen LogP contribution is 2.18. The lowest BCUT2D eigenvalue weighted by Crippen LogP contribution is -2.35. The molecule has 0 aliphatic carbocycles. The van der Waals surface area contributed by atoms with Crippen LogP contribution in [0.3, 0.4) is 0 Å². The van der Waals surface area contributed by atoms with E-state index in [9.17, 15) is 5.11 Å². The number of nitrogens with one attached hydrogen (secondary N) is 1. The van der Waals surface area contributed by atoms with Gasteiger partial charge in [-0.05, 0) is 61.1 Å². The van der Waals surface area contributed by atoms with Crippen molar-refractivity contribution in [3.8, 4) is 0 Å². The average molecular weight is 494 g/mol. The molecule has 3 rings (SSSR count). The molecule has 152 valence electrons. The highest BCUT2D eigenvalue weighted by atomic mass is 127. The number of aliphatic imine (C=N–C) groups is 1. The van der Waals surface area contributed by atoms with E-state index in [-0.39, 0.29) is 30.1 Å². The first kappa shape index (κ1) is 22.6. The third-order valence-corrected chi connectivity index (χ3v) is 5.27. The zero-order chi connectivity index (χ0) is 19.2. The predicted octanol–water partition coefficient (Wildman–Crippen LogP) is 3.80. The molecule has 28 heavy (non-hydrogen) atoms. The van der Waals surface area contributed by atoms with Crippen LogP contribution in [0.4, 0.5) is 5.69 Å². The van der Waals surface area contributed by atoms with Gasteiger partial charge in [0.05, 0.1) is 12.6 Å². The fourth-order valence-corrected chi connectivity index (χ4v) is 3.36. The second-order valence-corrected chi connectivity index (χ2v) is 7.40. The van der Waals surface area contributed by atoms with Gasteiger partial charge in [-0.1, -0.05) is 30.3 Å². The van der Waals surface area contributed by atoms with Gasteiger partial charge in [-0.15, -0.1) is 24.0 Å². The van der Waals surface area contributed by atoms with Crippen molar-refractivity contribution in [1.29, 1.82) is 0 Å². The molecule has 0 saturated carbocycles. The largest absolute Gasteiger partial charge is 0.393 e. The van der Waals surface area contributed by atoms with Crippen molar-refractivity contribution in [2.45, 2.75) is 45.9 Å². The molecular weight excluding hydrogens is 463 g/mol. The fourth-order valence-electron chi connectivity index (χ4n) is 3.36. The first-order valence-electron chi connectivity index (χ1n) is 9.62. The SMILES string of the molecule is Cc1ccc(NC(N)=NCc2ccccc2CN2CCC(O)CC2)cc1C.I. The summed E-state index contributed by atoms with van der Waals surface area (Å²) in [5.74, 6) is 0.425. The molecule has 0 amide bonds. The van der Waals surface area contributed by atoms with E-state index >= 15 is 0 Å². The second-order valence-electron chi connectivity index (χ2n) is 7.40. The minimum atomic E-state index is -0.141. The Morgan fingerprint density at radius 1 is 1.11 bits per heavy atom. The van der Waals surface area contributed by atoms with E-state index in [1.54, 1.807) is 0 Å². The van der Waals surface area contributed by atoms with Crippen molar-refractivity contribution in [2.24, 2.45) is 10.7 Å². The minimum Gasteiger partial charge on any atom is -0.393 e. The number of benzene rings is 2. The molecule has 2 aromatic carbocycles. The van der Waals surface area contributed by atoms with Crippen LogP contribution >= 0.6 is 24.0 Å². The van der Waals surface area contributed by atoms with E-state index in [0.29, 0.717) is 12.5 Å². The lowest BCUT2D eigenvalue weighted by molar-refractivity contribution is 0.0791. The van der Waals surface area contributed by atoms with Crippen LogP contribution in [-0.4, -0.2) is 35.2 Å². The van der Waals surface area contributed by atoms with Gasteiger partial charge in [0, 0.05) is 25.3 Å². The van der Waals surface area contributed by atoms with Crippen LogP contribution in [0.2, 0.25) is 0 Å². The van der Waals surface area contributed by atoms with E-state index in [2.05, 4.69) is 59.4 Å². The van der Waals surface area contributed by atoms with Gasteiger partial charge in [0.15, 0.2) is 5.96 Å². The maximum absolute atomic E-state index is 9.68. The van der Waals surface area contributed by atoms with Crippen molar-refractivity contribution in [3.05, 3.63) is 64.7 Å². The highest BCUT2D eigenvalue weighted by molar-refractivity contribution is 14.0. The number of piperidine rings is 1. The summed E-state index contributed by atoms with van der Waals surface area (Å²) in [6, 6.07) is 14.6. The Balaban J connectivity index is 0.00000280. The maximum atomic E-state index is 9.68. The molecule has 0 spiro atoms. The number of anilines is 1. The Labute approximate surface area is 185 Å². The van der Waals surface area contributed by atoms with Crippen molar-refractivity contribution >= 4 is 35.6 Å². The first-order chi connectivity index (χ1) is 13.0. The molecule has 0 bridgehead atoms. The third kappa shape index (κ3) is 6.46. The normalized spacial score (nSPS) is 15.9. The van der Waals surface area contributed by atoms with E-state index in [1.807, 2.05) is 12.1 Å². The molecule has 0 atom stereocenters. The number of hydrogen-bond acceptors (Lipinski definition) is 3. The van der Waals surface area contributed by atoms with E-state index in [4.69, 9.17) is 5.73 Å². The number of halogens is 1. The molecule has 1 aliphatic rings. The number of guanidine groups is 1. The summed E-state index contributed by atoms with van der Waals surface area (Å²) < 4.78 is 0. The molecule has 2 aromatic rings. The van der Waals surface area contributed by atoms with Crippen molar-refractivity contribution in [3.63, 3.8) is 0 Å². The summed E-state index contributed by atoms with van der Waals surface area (Å²) in [7, 11) is 0. The van der Waals surface area contributed by atoms with Crippen LogP contribution < -0.4 is 11.1 Å². The molecule has 4 N–H and O–H groups in total. The van der Waals surface area contributed by atoms with Gasteiger partial charge in [0.2, 0.25) is 0 Å². The lowest BCUT2D eigenvalue weighted by Gasteiger charge is -2.30. The van der Waals surface area contributed by atoms with Crippen LogP contribution in [0.5, 0.6) is 0 Å². The maximum Gasteiger partial charge on any atom is 0.193 e. The summed E-state index contributed by atoms with van der Waals surface area (Å²) in [5, 5.41) is 12.9. The predicted molar refractivity (Wildman–Crippen MR) is 127 cm³/mol. The molecular formula is C22H31IN4O. The van der Waals surface area contributed by atoms with Gasteiger partial charge >= 0.3 is 0 Å². The molecule has 1 aliphatic heterocycles. The van der Waals surface area contributed by atoms with Gasteiger partial charge < -0.3 is 16.2 Å². The van der Waals surface area contributed by atoms with Crippen molar-refractivity contribution < 1.29 is 5.11 Å². The molecule has 1 saturated heterocycles. The van der Waals surface area contributed by atoms with Crippen LogP contribution in [0.1, 0.15) is 35.1 Å². The Bertz CT molecular complexity index is 801. The number of aliphatic hydroxyl groups excluding tert-OH is 1. The molecule has 6 heteroatoms. The molecule has 0 aromatic heterocycles. The number of aliphatic hydroxyl groups is 1. The van der Waals surface area contributed by atoms with Crippen molar-refractivity contribution in [2.75, 3.05) is 18.4 Å². The topological polar surface area (TPSA) is 73.9 Å². The molecule has 5 nitrogen and oxygen atoms in total. The number of nitrogens with zero attached hydrogens (tertiary/aromatic N) is 2. The monoisotopic (exact) mass is 494 g/mol. The quantitative estimate of drug-likeness (QED) is 0.336. The van der Waals surface area contributed by atoms with Gasteiger partial charge in [-0.3, -0.25) is 4.90 Å². The number of rotatable bonds is 5. The second kappa shape index (κ2) is 10.8. The molecule has 0 radical (unpaired) electrons. The number of hydrogen-bond donors (Lipinski definition) is 3. The highest BCUT2D eigenvalue weighted by Gasteiger charge is 2.17. The summed E-state index contributed by atoms with van der Waals surface area (Å²) in [6.07, 6.45) is 1.57. The first-order valence-corrected chi connectivity index (χ1v) is 9.62. The summed E-state index contributed by atoms with van der Waals surface area (Å²) in [5.41, 5.74) is 12.0. The Kier molecular flexibility index (Phi) is 8.72. The average Bonchev–Trinajstić information content (AvgIpc) is 2.66. The Morgan fingerprint density at radius 3 is 2.46 bits per heavy atom. The lowest BCUT2D eigenvalue weighted by atomic mass is 10.0. The van der Waals surface area contributed by atoms with Gasteiger partial charge in [-0.2, -0.15) is 0 Å². The summed E-state index contributed by atoms with van der Waals surface area (Å²) >= 11 is 0. The van der Waals surface area contributed by atoms with Gasteiger partial charge in [0.1, 0.15) is 0 Å². The standard InChI is InChI=1S/C22H30N4O.HI/c1-16-7-8-20(13-17(16)2)25-22(23)24-14-18-5-3-4-6-19(18)15-26-11-9-21(27)10-12-26;/h3-8,13,21,27H,9-12,14-15H2,1-2H3,(H3,23,24,25);1H. The third-order valence-electron chi connectivity index (χ3n) is 5.27. The van der Waals surface area contributed by atoms with Crippen molar-refractivity contribution in [1.82, 2.24) is 4.90 Å². The fraction of sp³-hybridized carbons (Fsp3) is 0.409. The number of likely N-dealkylation sites (tertiary alicyclic amines) is 1. The van der Waals surface area contributed by atoms with E-state index in [0.717, 1.165) is 38.2 Å². The van der Waals surface area contributed by atoms with Crippen LogP contribution in [-0.2, 0) is 13.1 Å². The number of nitrogens with two attached hydrogens (primary N) is 1. The van der Waals surface area contributed by atoms with Crippen LogP contribution in [0.25, 0.3) is 0 Å². The van der Waals surface area contributed by atoms with E-state index in [1.165, 1.54) is 22.3 Å². The van der Waals surface area contributed by atoms with E-state index < -0.39 is 0 Å². The molecule has 1 fully saturated rings. The van der Waals surface area contributed by atoms with Crippen LogP contribution in [0, 0.1) is 13.8 Å². The number of aryl methyl sites for hydroxylation is 2. The molecule has 0 unspecified atom stereocenters. The van der Waals surface area contributed by atoms with Gasteiger partial charge in [0.25, 0.3) is 0 Å². The molecule has 1 heterocycles. The minimum absolute atomic E-state index is 0. The smallest absolute Gasteiger partial charge is 0.193 e. The zero-order valence-electron chi connectivity index (χ0n) is 16.7. The van der Waals surface area contributed by atoms with Crippen LogP contribution in [0.15, 0.2) is 47.5 Å². The summed E-state index contributed by atoms with van der Waals surface area (Å²) in [6.45, 7) is 7.50. The summed E-state index contributed by atoms with van der Waals surface area (Å²) in [4.78, 5) is 6.93. The van der Waals surface area contributed by atoms with Gasteiger partial charge in [-0.25, -0.2) is 4.99 Å². The Morgan fingerprint density at radius 2 is 1.79 bits per heavy atom. The Hall–Kier alpha value is -1.64.